The van der Waals surface area contributed by atoms with E-state index in [1.807, 2.05) is 15.7 Å². The fourth-order valence-electron chi connectivity index (χ4n) is 9.93. The molecule has 0 bridgehead atoms. The summed E-state index contributed by atoms with van der Waals surface area (Å²) in [6.45, 7) is 0. The zero-order valence-electron chi connectivity index (χ0n) is 29.7. The topological polar surface area (TPSA) is 113 Å². The third kappa shape index (κ3) is 6.27. The Hall–Kier alpha value is -0.721. The Labute approximate surface area is 265 Å². The SMILES string of the molecule is Bc1nc(NC(C(B)(B)B)(C(B)(B)B)C(B)(B)B)nc(NC2CC(B)(B)C(C(B)(B)B)C(B)(O)C2(B)B)c1C(N)=O. The van der Waals surface area contributed by atoms with Gasteiger partial charge in [-0.2, -0.15) is 4.98 Å². The van der Waals surface area contributed by atoms with E-state index in [2.05, 4.69) is 136 Å². The van der Waals surface area contributed by atoms with Gasteiger partial charge in [0, 0.05) is 17.1 Å². The van der Waals surface area contributed by atoms with Crippen LogP contribution in [-0.4, -0.2) is 179 Å². The van der Waals surface area contributed by atoms with Gasteiger partial charge in [-0.15, -0.1) is 5.11 Å². The van der Waals surface area contributed by atoms with Gasteiger partial charge in [0.05, 0.1) is 115 Å². The number of carbonyl (C=O) groups excluding carboxylic acids is 1. The molecule has 1 aromatic rings. The number of carbonyl (C=O) groups is 1. The molecule has 41 heavy (non-hydrogen) atoms. The lowest BCUT2D eigenvalue weighted by Gasteiger charge is -2.65. The summed E-state index contributed by atoms with van der Waals surface area (Å²) in [6, 6.07) is -0.177. The molecule has 0 radical (unpaired) electrons. The highest BCUT2D eigenvalue weighted by Crippen LogP contribution is 2.61. The Bertz CT molecular complexity index is 1140. The van der Waals surface area contributed by atoms with Crippen LogP contribution in [0.4, 0.5) is 11.8 Å². The molecule has 1 aliphatic carbocycles. The monoisotopic (exact) mass is 538 g/mol. The summed E-state index contributed by atoms with van der Waals surface area (Å²) in [7, 11) is 39.4. The van der Waals surface area contributed by atoms with Crippen LogP contribution in [0.2, 0.25) is 30.9 Å². The van der Waals surface area contributed by atoms with Crippen LogP contribution in [0.15, 0.2) is 0 Å². The van der Waals surface area contributed by atoms with Gasteiger partial charge >= 0.3 is 0 Å². The Morgan fingerprint density at radius 2 is 1.29 bits per heavy atom. The molecule has 7 nitrogen and oxygen atoms in total. The summed E-state index contributed by atoms with van der Waals surface area (Å²) >= 11 is 0. The van der Waals surface area contributed by atoms with E-state index in [1.54, 1.807) is 0 Å². The van der Waals surface area contributed by atoms with E-state index in [0.717, 1.165) is 6.42 Å². The minimum Gasteiger partial charge on any atom is -0.400 e. The van der Waals surface area contributed by atoms with E-state index in [9.17, 15) is 9.90 Å². The summed E-state index contributed by atoms with van der Waals surface area (Å²) < 4.78 is 0. The van der Waals surface area contributed by atoms with E-state index in [-0.39, 0.29) is 43.2 Å². The molecule has 0 spiro atoms. The first-order valence-corrected chi connectivity index (χ1v) is 15.3. The van der Waals surface area contributed by atoms with Crippen LogP contribution in [0.1, 0.15) is 16.8 Å². The molecule has 3 unspecified atom stereocenters. The molecule has 0 aliphatic heterocycles. The van der Waals surface area contributed by atoms with Crippen molar-refractivity contribution in [3.63, 3.8) is 0 Å². The molecule has 0 aromatic carbocycles. The minimum atomic E-state index is -0.999. The number of amides is 1. The first-order valence-electron chi connectivity index (χ1n) is 15.3. The van der Waals surface area contributed by atoms with Gasteiger partial charge in [-0.3, -0.25) is 4.79 Å². The lowest BCUT2D eigenvalue weighted by molar-refractivity contribution is 0.00278. The summed E-state index contributed by atoms with van der Waals surface area (Å²) in [5, 5.41) is 18.3. The zero-order valence-corrected chi connectivity index (χ0v) is 29.7. The maximum Gasteiger partial charge on any atom is 0.253 e. The summed E-state index contributed by atoms with van der Waals surface area (Å²) in [4.78, 5) is 22.6. The first-order chi connectivity index (χ1) is 17.9. The quantitative estimate of drug-likeness (QED) is 0.235. The number of aliphatic hydroxyl groups is 1. The van der Waals surface area contributed by atoms with Gasteiger partial charge in [0.1, 0.15) is 29.4 Å². The van der Waals surface area contributed by atoms with Gasteiger partial charge in [0.2, 0.25) is 5.95 Å². The zero-order chi connectivity index (χ0) is 32.6. The van der Waals surface area contributed by atoms with Gasteiger partial charge in [0.15, 0.2) is 7.85 Å². The van der Waals surface area contributed by atoms with Crippen molar-refractivity contribution >= 4 is 164 Å². The number of hydrogen-bond acceptors (Lipinski definition) is 6. The predicted molar refractivity (Wildman–Crippen MR) is 227 cm³/mol. The van der Waals surface area contributed by atoms with Crippen molar-refractivity contribution in [3.8, 4) is 0 Å². The number of nitrogens with one attached hydrogen (secondary N) is 2. The number of anilines is 2. The highest BCUT2D eigenvalue weighted by molar-refractivity contribution is 6.71. The normalized spacial score (nSPS) is 25.1. The maximum absolute atomic E-state index is 12.8. The molecular weight excluding hydrogens is 489 g/mol. The molecular formula is C16H45B18N5O2. The lowest BCUT2D eigenvalue weighted by Crippen LogP contribution is -2.68. The van der Waals surface area contributed by atoms with Gasteiger partial charge in [-0.25, -0.2) is 4.98 Å². The Morgan fingerprint density at radius 1 is 0.854 bits per heavy atom. The molecule has 200 valence electrons. The van der Waals surface area contributed by atoms with Crippen LogP contribution in [0.5, 0.6) is 0 Å². The second-order valence-electron chi connectivity index (χ2n) is 18.4. The fourth-order valence-corrected chi connectivity index (χ4v) is 9.93. The van der Waals surface area contributed by atoms with Crippen LogP contribution in [0.3, 0.4) is 0 Å². The third-order valence-corrected chi connectivity index (χ3v) is 10.4. The largest absolute Gasteiger partial charge is 0.400 e. The molecule has 1 saturated carbocycles. The van der Waals surface area contributed by atoms with Crippen molar-refractivity contribution in [2.75, 3.05) is 10.6 Å². The highest BCUT2D eigenvalue weighted by atomic mass is 16.3. The molecule has 0 saturated heterocycles. The van der Waals surface area contributed by atoms with Gasteiger partial charge in [0.25, 0.3) is 5.91 Å². The fraction of sp³-hybridized carbons (Fsp3) is 0.688. The standard InChI is InChI=1S/C16H45B18N5O2/c17-4-3(5(35)40)6(36-2-1-9(18,19)7(12(23,24)25)11(22,41)10(2,20)21)38-8(37-4)39-13(14(26,27)28,15(29,30)31)16(32,33)34/h2,7,41H,1,17-34H2,(H2,35,40)(H2,36,37,38,39). The average Bonchev–Trinajstić information content (AvgIpc) is 2.65. The highest BCUT2D eigenvalue weighted by Gasteiger charge is 2.61. The van der Waals surface area contributed by atoms with Crippen molar-refractivity contribution in [1.82, 2.24) is 9.97 Å². The smallest absolute Gasteiger partial charge is 0.253 e. The van der Waals surface area contributed by atoms with Crippen molar-refractivity contribution in [3.05, 3.63) is 5.56 Å². The molecule has 2 rings (SSSR count). The van der Waals surface area contributed by atoms with E-state index < -0.39 is 22.2 Å². The molecule has 3 atom stereocenters. The molecule has 1 heterocycles. The van der Waals surface area contributed by atoms with Gasteiger partial charge in [-0.1, -0.05) is 20.6 Å². The first kappa shape index (κ1) is 36.5. The predicted octanol–water partition coefficient (Wildman–Crippen LogP) is -17.2. The summed E-state index contributed by atoms with van der Waals surface area (Å²) in [5.41, 5.74) is 5.31. The maximum atomic E-state index is 12.8. The Balaban J connectivity index is 2.78. The van der Waals surface area contributed by atoms with Crippen LogP contribution >= 0.6 is 0 Å². The van der Waals surface area contributed by atoms with Crippen LogP contribution in [-0.2, 0) is 0 Å². The summed E-state index contributed by atoms with van der Waals surface area (Å²) in [6.07, 6.45) is 0.790. The van der Waals surface area contributed by atoms with E-state index in [0.29, 0.717) is 17.4 Å². The van der Waals surface area contributed by atoms with Crippen molar-refractivity contribution in [1.29, 1.82) is 0 Å². The second-order valence-corrected chi connectivity index (χ2v) is 18.4. The Morgan fingerprint density at radius 3 is 1.66 bits per heavy atom. The second kappa shape index (κ2) is 10.7. The number of aromatic nitrogens is 2. The van der Waals surface area contributed by atoms with Gasteiger partial charge < -0.3 is 21.5 Å². The third-order valence-electron chi connectivity index (χ3n) is 10.4. The molecule has 5 N–H and O–H groups in total. The summed E-state index contributed by atoms with van der Waals surface area (Å²) in [5.74, 6) is 0.345. The molecule has 25 heteroatoms. The van der Waals surface area contributed by atoms with E-state index >= 15 is 0 Å². The number of primary amides is 1. The number of nitrogens with zero attached hydrogens (tertiary/aromatic N) is 2. The molecule has 1 aromatic heterocycles. The number of nitrogens with two attached hydrogens (primary N) is 1. The van der Waals surface area contributed by atoms with Crippen LogP contribution in [0, 0.1) is 5.92 Å². The number of hydrogen-bond donors (Lipinski definition) is 4. The molecule has 1 fully saturated rings. The minimum absolute atomic E-state index is 0.0431. The van der Waals surface area contributed by atoms with Gasteiger partial charge in [-0.05, 0) is 23.1 Å². The van der Waals surface area contributed by atoms with Crippen molar-refractivity contribution in [2.24, 2.45) is 11.7 Å². The van der Waals surface area contributed by atoms with Crippen molar-refractivity contribution in [2.45, 2.75) is 54.4 Å². The molecule has 1 amide bonds. The molecule has 1 aliphatic rings. The lowest BCUT2D eigenvalue weighted by atomic mass is 9.12. The average molecular weight is 534 g/mol. The van der Waals surface area contributed by atoms with E-state index in [4.69, 9.17) is 15.7 Å². The van der Waals surface area contributed by atoms with Crippen LogP contribution in [0.25, 0.3) is 0 Å². The van der Waals surface area contributed by atoms with Crippen LogP contribution < -0.4 is 22.0 Å². The van der Waals surface area contributed by atoms with Crippen molar-refractivity contribution < 1.29 is 9.90 Å². The Kier molecular flexibility index (Phi) is 9.53. The number of rotatable bonds is 9. The van der Waals surface area contributed by atoms with E-state index in [1.165, 1.54) is 0 Å².